The van der Waals surface area contributed by atoms with E-state index in [0.717, 1.165) is 37.6 Å². The van der Waals surface area contributed by atoms with E-state index < -0.39 is 0 Å². The van der Waals surface area contributed by atoms with Gasteiger partial charge in [0.15, 0.2) is 5.82 Å². The second-order valence-corrected chi connectivity index (χ2v) is 5.25. The van der Waals surface area contributed by atoms with Gasteiger partial charge in [-0.2, -0.15) is 4.98 Å². The van der Waals surface area contributed by atoms with Crippen LogP contribution in [0.5, 0.6) is 0 Å². The smallest absolute Gasteiger partial charge is 0.231 e. The summed E-state index contributed by atoms with van der Waals surface area (Å²) < 4.78 is 5.40. The minimum absolute atomic E-state index is 0.382. The van der Waals surface area contributed by atoms with Gasteiger partial charge in [-0.15, -0.1) is 0 Å². The molecule has 0 spiro atoms. The number of hydrogen-bond donors (Lipinski definition) is 1. The Kier molecular flexibility index (Phi) is 3.60. The molecule has 0 amide bonds. The number of nitrogens with one attached hydrogen (secondary N) is 1. The zero-order chi connectivity index (χ0) is 13.1. The molecule has 1 aromatic carbocycles. The molecule has 4 heteroatoms. The summed E-state index contributed by atoms with van der Waals surface area (Å²) in [6, 6.07) is 8.46. The first-order chi connectivity index (χ1) is 9.31. The Morgan fingerprint density at radius 2 is 2.16 bits per heavy atom. The third-order valence-electron chi connectivity index (χ3n) is 3.61. The Morgan fingerprint density at radius 1 is 1.32 bits per heavy atom. The zero-order valence-electron chi connectivity index (χ0n) is 11.2. The molecule has 1 unspecified atom stereocenters. The fraction of sp³-hybridized carbons (Fsp3) is 0.467. The quantitative estimate of drug-likeness (QED) is 0.917. The Morgan fingerprint density at radius 3 is 2.89 bits per heavy atom. The van der Waals surface area contributed by atoms with E-state index in [-0.39, 0.29) is 0 Å². The molecule has 3 rings (SSSR count). The maximum Gasteiger partial charge on any atom is 0.231 e. The van der Waals surface area contributed by atoms with E-state index >= 15 is 0 Å². The standard InChI is InChI=1S/C15H19N3O/c1-11-4-6-12(7-5-11)9-14-17-15(19-18-14)13-3-2-8-16-10-13/h4-7,13,16H,2-3,8-10H2,1H3. The van der Waals surface area contributed by atoms with E-state index in [0.29, 0.717) is 5.92 Å². The molecular weight excluding hydrogens is 238 g/mol. The lowest BCUT2D eigenvalue weighted by molar-refractivity contribution is 0.320. The maximum absolute atomic E-state index is 5.40. The average Bonchev–Trinajstić information content (AvgIpc) is 2.91. The van der Waals surface area contributed by atoms with E-state index in [1.165, 1.54) is 17.5 Å². The molecule has 1 N–H and O–H groups in total. The van der Waals surface area contributed by atoms with Crippen molar-refractivity contribution in [3.8, 4) is 0 Å². The van der Waals surface area contributed by atoms with Gasteiger partial charge in [0.2, 0.25) is 5.89 Å². The van der Waals surface area contributed by atoms with Gasteiger partial charge in [-0.25, -0.2) is 0 Å². The molecule has 1 aromatic heterocycles. The zero-order valence-corrected chi connectivity index (χ0v) is 11.2. The summed E-state index contributed by atoms with van der Waals surface area (Å²) in [5, 5.41) is 7.47. The van der Waals surface area contributed by atoms with Crippen LogP contribution < -0.4 is 5.32 Å². The van der Waals surface area contributed by atoms with Crippen LogP contribution in [-0.2, 0) is 6.42 Å². The van der Waals surface area contributed by atoms with Crippen LogP contribution in [0.1, 0.15) is 41.6 Å². The van der Waals surface area contributed by atoms with Crippen molar-refractivity contribution in [2.45, 2.75) is 32.1 Å². The summed E-state index contributed by atoms with van der Waals surface area (Å²) in [6.45, 7) is 4.14. The molecular formula is C15H19N3O. The Bertz CT molecular complexity index is 527. The van der Waals surface area contributed by atoms with Crippen molar-refractivity contribution in [3.05, 3.63) is 47.1 Å². The first kappa shape index (κ1) is 12.4. The summed E-state index contributed by atoms with van der Waals surface area (Å²) in [5.74, 6) is 1.95. The molecule has 2 heterocycles. The van der Waals surface area contributed by atoms with Gasteiger partial charge in [-0.05, 0) is 31.9 Å². The van der Waals surface area contributed by atoms with Gasteiger partial charge < -0.3 is 9.84 Å². The Labute approximate surface area is 113 Å². The van der Waals surface area contributed by atoms with Crippen LogP contribution in [0.2, 0.25) is 0 Å². The van der Waals surface area contributed by atoms with Gasteiger partial charge in [0, 0.05) is 13.0 Å². The minimum Gasteiger partial charge on any atom is -0.339 e. The van der Waals surface area contributed by atoms with Crippen LogP contribution in [0.25, 0.3) is 0 Å². The lowest BCUT2D eigenvalue weighted by Crippen LogP contribution is -2.28. The number of rotatable bonds is 3. The van der Waals surface area contributed by atoms with Crippen molar-refractivity contribution >= 4 is 0 Å². The van der Waals surface area contributed by atoms with Crippen molar-refractivity contribution in [2.75, 3.05) is 13.1 Å². The van der Waals surface area contributed by atoms with Crippen LogP contribution in [0.4, 0.5) is 0 Å². The number of nitrogens with zero attached hydrogens (tertiary/aromatic N) is 2. The molecule has 19 heavy (non-hydrogen) atoms. The fourth-order valence-electron chi connectivity index (χ4n) is 2.46. The van der Waals surface area contributed by atoms with Crippen LogP contribution in [-0.4, -0.2) is 23.2 Å². The molecule has 2 aromatic rings. The first-order valence-electron chi connectivity index (χ1n) is 6.90. The topological polar surface area (TPSA) is 51.0 Å². The summed E-state index contributed by atoms with van der Waals surface area (Å²) in [7, 11) is 0. The largest absolute Gasteiger partial charge is 0.339 e. The Balaban J connectivity index is 1.68. The van der Waals surface area contributed by atoms with Crippen molar-refractivity contribution in [1.29, 1.82) is 0 Å². The molecule has 0 bridgehead atoms. The Hall–Kier alpha value is -1.68. The van der Waals surface area contributed by atoms with Crippen LogP contribution in [0, 0.1) is 6.92 Å². The maximum atomic E-state index is 5.40. The highest BCUT2D eigenvalue weighted by Crippen LogP contribution is 2.21. The highest BCUT2D eigenvalue weighted by molar-refractivity contribution is 5.23. The number of aryl methyl sites for hydroxylation is 1. The van der Waals surface area contributed by atoms with Crippen molar-refractivity contribution in [1.82, 2.24) is 15.5 Å². The van der Waals surface area contributed by atoms with Gasteiger partial charge >= 0.3 is 0 Å². The van der Waals surface area contributed by atoms with E-state index in [4.69, 9.17) is 4.52 Å². The second-order valence-electron chi connectivity index (χ2n) is 5.25. The highest BCUT2D eigenvalue weighted by Gasteiger charge is 2.21. The summed E-state index contributed by atoms with van der Waals surface area (Å²) in [6.07, 6.45) is 3.06. The third-order valence-corrected chi connectivity index (χ3v) is 3.61. The van der Waals surface area contributed by atoms with Gasteiger partial charge in [0.1, 0.15) is 0 Å². The van der Waals surface area contributed by atoms with Crippen LogP contribution in [0.3, 0.4) is 0 Å². The van der Waals surface area contributed by atoms with Crippen molar-refractivity contribution in [2.24, 2.45) is 0 Å². The lowest BCUT2D eigenvalue weighted by atomic mass is 10.00. The lowest BCUT2D eigenvalue weighted by Gasteiger charge is -2.18. The monoisotopic (exact) mass is 257 g/mol. The van der Waals surface area contributed by atoms with Gasteiger partial charge in [-0.3, -0.25) is 0 Å². The summed E-state index contributed by atoms with van der Waals surface area (Å²) >= 11 is 0. The fourth-order valence-corrected chi connectivity index (χ4v) is 2.46. The van der Waals surface area contributed by atoms with Crippen molar-refractivity contribution in [3.63, 3.8) is 0 Å². The second kappa shape index (κ2) is 5.53. The normalized spacial score (nSPS) is 19.5. The number of hydrogen-bond acceptors (Lipinski definition) is 4. The van der Waals surface area contributed by atoms with Gasteiger partial charge in [0.05, 0.1) is 5.92 Å². The van der Waals surface area contributed by atoms with Crippen molar-refractivity contribution < 1.29 is 4.52 Å². The molecule has 1 aliphatic heterocycles. The molecule has 1 atom stereocenters. The number of aromatic nitrogens is 2. The first-order valence-corrected chi connectivity index (χ1v) is 6.90. The minimum atomic E-state index is 0.382. The van der Waals surface area contributed by atoms with E-state index in [1.54, 1.807) is 0 Å². The number of piperidine rings is 1. The molecule has 100 valence electrons. The average molecular weight is 257 g/mol. The van der Waals surface area contributed by atoms with Gasteiger partial charge in [-0.1, -0.05) is 35.0 Å². The predicted molar refractivity (Wildman–Crippen MR) is 73.1 cm³/mol. The molecule has 1 aliphatic rings. The molecule has 0 saturated carbocycles. The molecule has 1 fully saturated rings. The predicted octanol–water partition coefficient (Wildman–Crippen LogP) is 2.44. The molecule has 0 aliphatic carbocycles. The van der Waals surface area contributed by atoms with Crippen LogP contribution in [0.15, 0.2) is 28.8 Å². The summed E-state index contributed by atoms with van der Waals surface area (Å²) in [4.78, 5) is 4.53. The SMILES string of the molecule is Cc1ccc(Cc2noc(C3CCCNC3)n2)cc1. The highest BCUT2D eigenvalue weighted by atomic mass is 16.5. The van der Waals surface area contributed by atoms with E-state index in [2.05, 4.69) is 46.6 Å². The molecule has 4 nitrogen and oxygen atoms in total. The summed E-state index contributed by atoms with van der Waals surface area (Å²) in [5.41, 5.74) is 2.49. The third kappa shape index (κ3) is 3.01. The molecule has 1 saturated heterocycles. The number of benzene rings is 1. The van der Waals surface area contributed by atoms with Gasteiger partial charge in [0.25, 0.3) is 0 Å². The molecule has 0 radical (unpaired) electrons. The van der Waals surface area contributed by atoms with E-state index in [9.17, 15) is 0 Å². The van der Waals surface area contributed by atoms with E-state index in [1.807, 2.05) is 0 Å². The van der Waals surface area contributed by atoms with Crippen LogP contribution >= 0.6 is 0 Å².